The molecule has 0 spiro atoms. The zero-order chi connectivity index (χ0) is 13.3. The molecule has 100 valence electrons. The van der Waals surface area contributed by atoms with Crippen molar-refractivity contribution in [2.75, 3.05) is 0 Å². The monoisotopic (exact) mass is 311 g/mol. The topological polar surface area (TPSA) is 23.5 Å². The van der Waals surface area contributed by atoms with Crippen LogP contribution in [0.15, 0.2) is 22.7 Å². The Balaban J connectivity index is 2.29. The van der Waals surface area contributed by atoms with E-state index in [4.69, 9.17) is 0 Å². The number of nitrogens with zero attached hydrogens (tertiary/aromatic N) is 1. The fraction of sp³-hybridized carbons (Fsp3) is 0.600. The third-order valence-corrected chi connectivity index (χ3v) is 4.70. The molecule has 1 aromatic carbocycles. The second kappa shape index (κ2) is 5.62. The van der Waals surface area contributed by atoms with E-state index >= 15 is 0 Å². The van der Waals surface area contributed by atoms with Gasteiger partial charge < -0.3 is 5.11 Å². The highest BCUT2D eigenvalue weighted by Gasteiger charge is 2.34. The summed E-state index contributed by atoms with van der Waals surface area (Å²) in [5.74, 6) is 0.402. The van der Waals surface area contributed by atoms with Crippen LogP contribution in [0.2, 0.25) is 0 Å². The van der Waals surface area contributed by atoms with E-state index in [9.17, 15) is 5.11 Å². The number of benzene rings is 1. The molecule has 1 heterocycles. The molecule has 0 aromatic heterocycles. The molecule has 1 aromatic rings. The van der Waals surface area contributed by atoms with Crippen molar-refractivity contribution < 1.29 is 5.11 Å². The van der Waals surface area contributed by atoms with Crippen LogP contribution >= 0.6 is 15.9 Å². The van der Waals surface area contributed by atoms with Crippen LogP contribution in [-0.2, 0) is 0 Å². The van der Waals surface area contributed by atoms with Gasteiger partial charge in [0.2, 0.25) is 0 Å². The molecule has 1 saturated heterocycles. The van der Waals surface area contributed by atoms with E-state index < -0.39 is 0 Å². The summed E-state index contributed by atoms with van der Waals surface area (Å²) >= 11 is 3.49. The van der Waals surface area contributed by atoms with Gasteiger partial charge in [-0.3, -0.25) is 4.90 Å². The van der Waals surface area contributed by atoms with Crippen molar-refractivity contribution >= 4 is 15.9 Å². The maximum absolute atomic E-state index is 10.1. The van der Waals surface area contributed by atoms with Gasteiger partial charge in [0.15, 0.2) is 0 Å². The maximum Gasteiger partial charge on any atom is 0.120 e. The van der Waals surface area contributed by atoms with E-state index in [0.29, 0.717) is 17.8 Å². The van der Waals surface area contributed by atoms with Crippen molar-refractivity contribution in [2.24, 2.45) is 0 Å². The minimum atomic E-state index is 0.268. The van der Waals surface area contributed by atoms with E-state index in [1.807, 2.05) is 12.1 Å². The Morgan fingerprint density at radius 3 is 2.83 bits per heavy atom. The molecule has 1 N–H and O–H groups in total. The summed E-state index contributed by atoms with van der Waals surface area (Å²) in [6, 6.07) is 7.22. The molecular weight excluding hydrogens is 290 g/mol. The number of hydrogen-bond donors (Lipinski definition) is 1. The van der Waals surface area contributed by atoms with Gasteiger partial charge in [0.1, 0.15) is 5.75 Å². The highest BCUT2D eigenvalue weighted by molar-refractivity contribution is 9.10. The lowest BCUT2D eigenvalue weighted by atomic mass is 10.0. The van der Waals surface area contributed by atoms with E-state index in [-0.39, 0.29) is 6.04 Å². The van der Waals surface area contributed by atoms with Crippen LogP contribution in [0.25, 0.3) is 0 Å². The summed E-state index contributed by atoms with van der Waals surface area (Å²) in [6.45, 7) is 6.75. The molecule has 0 saturated carbocycles. The Hall–Kier alpha value is -0.540. The van der Waals surface area contributed by atoms with Crippen molar-refractivity contribution in [3.05, 3.63) is 28.2 Å². The second-order valence-corrected chi connectivity index (χ2v) is 6.23. The highest BCUT2D eigenvalue weighted by atomic mass is 79.9. The Morgan fingerprint density at radius 2 is 2.17 bits per heavy atom. The molecule has 0 amide bonds. The fourth-order valence-electron chi connectivity index (χ4n) is 3.23. The van der Waals surface area contributed by atoms with Gasteiger partial charge >= 0.3 is 0 Å². The zero-order valence-electron chi connectivity index (χ0n) is 11.4. The first-order valence-electron chi connectivity index (χ1n) is 6.80. The van der Waals surface area contributed by atoms with E-state index in [1.54, 1.807) is 6.07 Å². The number of rotatable bonds is 3. The lowest BCUT2D eigenvalue weighted by Gasteiger charge is -2.34. The normalized spacial score (nSPS) is 26.4. The standard InChI is InChI=1S/C15H22BrNO/c1-4-13-7-5-10(2)17(13)11(3)14-9-12(16)6-8-15(14)18/h6,8-11,13,18H,4-5,7H2,1-3H3. The predicted molar refractivity (Wildman–Crippen MR) is 78.8 cm³/mol. The van der Waals surface area contributed by atoms with Crippen LogP contribution < -0.4 is 0 Å². The third kappa shape index (κ3) is 2.57. The first-order valence-corrected chi connectivity index (χ1v) is 7.59. The number of likely N-dealkylation sites (tertiary alicyclic amines) is 1. The SMILES string of the molecule is CCC1CCC(C)N1C(C)c1cc(Br)ccc1O. The molecule has 1 aliphatic heterocycles. The highest BCUT2D eigenvalue weighted by Crippen LogP contribution is 2.38. The summed E-state index contributed by atoms with van der Waals surface area (Å²) in [5.41, 5.74) is 1.02. The Labute approximate surface area is 118 Å². The molecule has 1 fully saturated rings. The Morgan fingerprint density at radius 1 is 1.44 bits per heavy atom. The van der Waals surface area contributed by atoms with Gasteiger partial charge in [0.05, 0.1) is 0 Å². The molecule has 2 rings (SSSR count). The number of phenolic OH excluding ortho intramolecular Hbond substituents is 1. The quantitative estimate of drug-likeness (QED) is 0.889. The molecule has 2 nitrogen and oxygen atoms in total. The number of hydrogen-bond acceptors (Lipinski definition) is 2. The van der Waals surface area contributed by atoms with Gasteiger partial charge in [0.25, 0.3) is 0 Å². The fourth-order valence-corrected chi connectivity index (χ4v) is 3.60. The molecule has 3 unspecified atom stereocenters. The number of halogens is 1. The summed E-state index contributed by atoms with van der Waals surface area (Å²) in [5, 5.41) is 10.1. The lowest BCUT2D eigenvalue weighted by Crippen LogP contribution is -2.36. The molecule has 18 heavy (non-hydrogen) atoms. The largest absolute Gasteiger partial charge is 0.508 e. The minimum absolute atomic E-state index is 0.268. The van der Waals surface area contributed by atoms with Crippen LogP contribution in [0.5, 0.6) is 5.75 Å². The van der Waals surface area contributed by atoms with E-state index in [0.717, 1.165) is 10.0 Å². The average Bonchev–Trinajstić information content (AvgIpc) is 2.72. The molecule has 0 bridgehead atoms. The Bertz CT molecular complexity index is 421. The van der Waals surface area contributed by atoms with E-state index in [2.05, 4.69) is 41.6 Å². The van der Waals surface area contributed by atoms with E-state index in [1.165, 1.54) is 19.3 Å². The van der Waals surface area contributed by atoms with Crippen LogP contribution in [0.1, 0.15) is 51.6 Å². The zero-order valence-corrected chi connectivity index (χ0v) is 12.9. The minimum Gasteiger partial charge on any atom is -0.508 e. The van der Waals surface area contributed by atoms with Gasteiger partial charge in [-0.25, -0.2) is 0 Å². The molecule has 0 radical (unpaired) electrons. The van der Waals surface area contributed by atoms with Crippen molar-refractivity contribution in [1.29, 1.82) is 0 Å². The van der Waals surface area contributed by atoms with Crippen LogP contribution in [0.3, 0.4) is 0 Å². The predicted octanol–water partition coefficient (Wildman–Crippen LogP) is 4.48. The summed E-state index contributed by atoms with van der Waals surface area (Å²) in [6.07, 6.45) is 3.72. The summed E-state index contributed by atoms with van der Waals surface area (Å²) in [4.78, 5) is 2.56. The lowest BCUT2D eigenvalue weighted by molar-refractivity contribution is 0.141. The van der Waals surface area contributed by atoms with Crippen molar-refractivity contribution in [2.45, 2.75) is 58.2 Å². The summed E-state index contributed by atoms with van der Waals surface area (Å²) in [7, 11) is 0. The maximum atomic E-state index is 10.1. The van der Waals surface area contributed by atoms with Crippen LogP contribution in [0, 0.1) is 0 Å². The van der Waals surface area contributed by atoms with Crippen molar-refractivity contribution in [3.8, 4) is 5.75 Å². The van der Waals surface area contributed by atoms with Gasteiger partial charge in [-0.15, -0.1) is 0 Å². The van der Waals surface area contributed by atoms with Gasteiger partial charge in [-0.2, -0.15) is 0 Å². The van der Waals surface area contributed by atoms with Crippen molar-refractivity contribution in [3.63, 3.8) is 0 Å². The van der Waals surface area contributed by atoms with Gasteiger partial charge in [-0.05, 0) is 51.3 Å². The number of aromatic hydroxyl groups is 1. The molecule has 3 heteroatoms. The van der Waals surface area contributed by atoms with Crippen LogP contribution in [0.4, 0.5) is 0 Å². The Kier molecular flexibility index (Phi) is 4.33. The molecular formula is C15H22BrNO. The second-order valence-electron chi connectivity index (χ2n) is 5.31. The summed E-state index contributed by atoms with van der Waals surface area (Å²) < 4.78 is 1.03. The van der Waals surface area contributed by atoms with Gasteiger partial charge in [-0.1, -0.05) is 22.9 Å². The van der Waals surface area contributed by atoms with Gasteiger partial charge in [0, 0.05) is 28.2 Å². The molecule has 1 aliphatic rings. The first kappa shape index (κ1) is 13.9. The molecule has 0 aliphatic carbocycles. The van der Waals surface area contributed by atoms with Crippen LogP contribution in [-0.4, -0.2) is 22.1 Å². The smallest absolute Gasteiger partial charge is 0.120 e. The first-order chi connectivity index (χ1) is 8.54. The average molecular weight is 312 g/mol. The number of phenols is 1. The third-order valence-electron chi connectivity index (χ3n) is 4.21. The van der Waals surface area contributed by atoms with Crippen molar-refractivity contribution in [1.82, 2.24) is 4.90 Å². The molecule has 3 atom stereocenters.